The number of urea groups is 1. The van der Waals surface area contributed by atoms with Gasteiger partial charge in [0.15, 0.2) is 0 Å². The molecule has 0 aromatic rings. The number of hydrogen-bond acceptors (Lipinski definition) is 1. The number of rotatable bonds is 4. The Bertz CT molecular complexity index is 220. The van der Waals surface area contributed by atoms with Crippen LogP contribution < -0.4 is 5.32 Å². The lowest BCUT2D eigenvalue weighted by Gasteiger charge is -2.23. The predicted molar refractivity (Wildman–Crippen MR) is 60.8 cm³/mol. The normalized spacial score (nSPS) is 21.7. The molecule has 3 nitrogen and oxygen atoms in total. The second-order valence-electron chi connectivity index (χ2n) is 4.91. The van der Waals surface area contributed by atoms with Crippen LogP contribution in [0.15, 0.2) is 0 Å². The minimum Gasteiger partial charge on any atom is -0.335 e. The summed E-state index contributed by atoms with van der Waals surface area (Å²) >= 11 is 0. The zero-order valence-electron chi connectivity index (χ0n) is 9.67. The zero-order valence-corrected chi connectivity index (χ0v) is 9.67. The summed E-state index contributed by atoms with van der Waals surface area (Å²) in [5.74, 6) is 0.791. The fraction of sp³-hybridized carbons (Fsp3) is 0.917. The molecular weight excluding hydrogens is 188 g/mol. The van der Waals surface area contributed by atoms with Crippen molar-refractivity contribution in [1.29, 1.82) is 0 Å². The first-order chi connectivity index (χ1) is 7.29. The molecule has 0 aliphatic heterocycles. The van der Waals surface area contributed by atoms with Crippen molar-refractivity contribution in [2.45, 2.75) is 51.5 Å². The maximum absolute atomic E-state index is 11.9. The fourth-order valence-corrected chi connectivity index (χ4v) is 2.30. The van der Waals surface area contributed by atoms with Gasteiger partial charge in [0.05, 0.1) is 0 Å². The van der Waals surface area contributed by atoms with Crippen LogP contribution in [0, 0.1) is 5.92 Å². The predicted octanol–water partition coefficient (Wildman–Crippen LogP) is 2.37. The summed E-state index contributed by atoms with van der Waals surface area (Å²) < 4.78 is 0. The third-order valence-corrected chi connectivity index (χ3v) is 3.53. The van der Waals surface area contributed by atoms with Crippen molar-refractivity contribution in [2.75, 3.05) is 13.1 Å². The average molecular weight is 210 g/mol. The molecule has 0 heterocycles. The molecule has 0 aromatic heterocycles. The summed E-state index contributed by atoms with van der Waals surface area (Å²) in [6.45, 7) is 3.88. The Balaban J connectivity index is 1.75. The molecule has 15 heavy (non-hydrogen) atoms. The maximum atomic E-state index is 11.9. The van der Waals surface area contributed by atoms with Crippen LogP contribution in [0.1, 0.15) is 45.4 Å². The monoisotopic (exact) mass is 210 g/mol. The molecule has 0 spiro atoms. The first-order valence-corrected chi connectivity index (χ1v) is 6.35. The number of carbonyl (C=O) groups excluding carboxylic acids is 1. The van der Waals surface area contributed by atoms with Gasteiger partial charge in [0.25, 0.3) is 0 Å². The van der Waals surface area contributed by atoms with Gasteiger partial charge in [0.2, 0.25) is 0 Å². The van der Waals surface area contributed by atoms with E-state index in [0.717, 1.165) is 19.0 Å². The standard InChI is InChI=1S/C12H22N2O/c1-2-14(9-10-7-8-10)12(15)13-11-5-3-4-6-11/h10-11H,2-9H2,1H3,(H,13,15). The number of nitrogens with zero attached hydrogens (tertiary/aromatic N) is 1. The van der Waals surface area contributed by atoms with Crippen LogP contribution in [0.2, 0.25) is 0 Å². The van der Waals surface area contributed by atoms with E-state index in [1.54, 1.807) is 0 Å². The van der Waals surface area contributed by atoms with Gasteiger partial charge in [-0.2, -0.15) is 0 Å². The number of amides is 2. The molecule has 2 rings (SSSR count). The van der Waals surface area contributed by atoms with Gasteiger partial charge in [0, 0.05) is 19.1 Å². The van der Waals surface area contributed by atoms with Gasteiger partial charge in [-0.1, -0.05) is 12.8 Å². The van der Waals surface area contributed by atoms with Crippen LogP contribution >= 0.6 is 0 Å². The Morgan fingerprint density at radius 3 is 2.47 bits per heavy atom. The van der Waals surface area contributed by atoms with Crippen molar-refractivity contribution in [3.63, 3.8) is 0 Å². The Labute approximate surface area is 92.2 Å². The molecule has 1 N–H and O–H groups in total. The molecule has 2 amide bonds. The maximum Gasteiger partial charge on any atom is 0.317 e. The van der Waals surface area contributed by atoms with Crippen molar-refractivity contribution in [3.8, 4) is 0 Å². The molecule has 0 aromatic carbocycles. The molecule has 2 aliphatic rings. The van der Waals surface area contributed by atoms with Crippen molar-refractivity contribution >= 4 is 6.03 Å². The van der Waals surface area contributed by atoms with Gasteiger partial charge in [-0.05, 0) is 38.5 Å². The Kier molecular flexibility index (Phi) is 3.49. The lowest BCUT2D eigenvalue weighted by Crippen LogP contribution is -2.44. The summed E-state index contributed by atoms with van der Waals surface area (Å²) in [5.41, 5.74) is 0. The first-order valence-electron chi connectivity index (χ1n) is 6.35. The topological polar surface area (TPSA) is 32.3 Å². The van der Waals surface area contributed by atoms with Gasteiger partial charge < -0.3 is 10.2 Å². The minimum atomic E-state index is 0.163. The van der Waals surface area contributed by atoms with Gasteiger partial charge in [0.1, 0.15) is 0 Å². The van der Waals surface area contributed by atoms with Crippen LogP contribution in [0.25, 0.3) is 0 Å². The van der Waals surface area contributed by atoms with Gasteiger partial charge in [-0.3, -0.25) is 0 Å². The van der Waals surface area contributed by atoms with Crippen molar-refractivity contribution in [2.24, 2.45) is 5.92 Å². The quantitative estimate of drug-likeness (QED) is 0.759. The van der Waals surface area contributed by atoms with Crippen LogP contribution in [0.5, 0.6) is 0 Å². The molecule has 0 unspecified atom stereocenters. The molecular formula is C12H22N2O. The van der Waals surface area contributed by atoms with E-state index >= 15 is 0 Å². The van der Waals surface area contributed by atoms with Gasteiger partial charge in [-0.25, -0.2) is 4.79 Å². The van der Waals surface area contributed by atoms with E-state index in [4.69, 9.17) is 0 Å². The molecule has 86 valence electrons. The van der Waals surface area contributed by atoms with Gasteiger partial charge >= 0.3 is 6.03 Å². The molecule has 2 saturated carbocycles. The summed E-state index contributed by atoms with van der Waals surface area (Å²) in [5, 5.41) is 3.15. The van der Waals surface area contributed by atoms with E-state index in [1.807, 2.05) is 4.90 Å². The summed E-state index contributed by atoms with van der Waals surface area (Å²) in [6, 6.07) is 0.613. The Hall–Kier alpha value is -0.730. The highest BCUT2D eigenvalue weighted by atomic mass is 16.2. The molecule has 2 aliphatic carbocycles. The van der Waals surface area contributed by atoms with Crippen molar-refractivity contribution in [3.05, 3.63) is 0 Å². The molecule has 2 fully saturated rings. The van der Waals surface area contributed by atoms with E-state index in [1.165, 1.54) is 38.5 Å². The molecule has 0 radical (unpaired) electrons. The van der Waals surface area contributed by atoms with Crippen molar-refractivity contribution in [1.82, 2.24) is 10.2 Å². The fourth-order valence-electron chi connectivity index (χ4n) is 2.30. The Morgan fingerprint density at radius 2 is 1.93 bits per heavy atom. The van der Waals surface area contributed by atoms with E-state index in [0.29, 0.717) is 6.04 Å². The second-order valence-corrected chi connectivity index (χ2v) is 4.91. The molecule has 3 heteroatoms. The van der Waals surface area contributed by atoms with E-state index in [2.05, 4.69) is 12.2 Å². The molecule has 0 atom stereocenters. The summed E-state index contributed by atoms with van der Waals surface area (Å²) in [6.07, 6.45) is 7.53. The first kappa shape index (κ1) is 10.8. The van der Waals surface area contributed by atoms with Crippen LogP contribution in [0.4, 0.5) is 4.79 Å². The largest absolute Gasteiger partial charge is 0.335 e. The summed E-state index contributed by atoms with van der Waals surface area (Å²) in [4.78, 5) is 13.9. The van der Waals surface area contributed by atoms with Crippen LogP contribution in [-0.4, -0.2) is 30.1 Å². The average Bonchev–Trinajstić information content (AvgIpc) is 2.91. The lowest BCUT2D eigenvalue weighted by atomic mass is 10.2. The third-order valence-electron chi connectivity index (χ3n) is 3.53. The van der Waals surface area contributed by atoms with E-state index in [9.17, 15) is 4.79 Å². The SMILES string of the molecule is CCN(CC1CC1)C(=O)NC1CCCC1. The lowest BCUT2D eigenvalue weighted by molar-refractivity contribution is 0.194. The second kappa shape index (κ2) is 4.86. The van der Waals surface area contributed by atoms with E-state index in [-0.39, 0.29) is 6.03 Å². The molecule has 0 bridgehead atoms. The zero-order chi connectivity index (χ0) is 10.7. The van der Waals surface area contributed by atoms with Crippen molar-refractivity contribution < 1.29 is 4.79 Å². The highest BCUT2D eigenvalue weighted by molar-refractivity contribution is 5.74. The van der Waals surface area contributed by atoms with Crippen LogP contribution in [0.3, 0.4) is 0 Å². The summed E-state index contributed by atoms with van der Waals surface area (Å²) in [7, 11) is 0. The van der Waals surface area contributed by atoms with E-state index < -0.39 is 0 Å². The number of nitrogens with one attached hydrogen (secondary N) is 1. The Morgan fingerprint density at radius 1 is 1.27 bits per heavy atom. The smallest absolute Gasteiger partial charge is 0.317 e. The van der Waals surface area contributed by atoms with Crippen LogP contribution in [-0.2, 0) is 0 Å². The highest BCUT2D eigenvalue weighted by Crippen LogP contribution is 2.29. The number of hydrogen-bond donors (Lipinski definition) is 1. The highest BCUT2D eigenvalue weighted by Gasteiger charge is 2.27. The molecule has 0 saturated heterocycles. The number of carbonyl (C=O) groups is 1. The minimum absolute atomic E-state index is 0.163. The van der Waals surface area contributed by atoms with Gasteiger partial charge in [-0.15, -0.1) is 0 Å². The third kappa shape index (κ3) is 3.11.